The molecule has 1 atom stereocenters. The van der Waals surface area contributed by atoms with Crippen molar-refractivity contribution >= 4 is 29.3 Å². The van der Waals surface area contributed by atoms with Crippen molar-refractivity contribution in [1.29, 1.82) is 0 Å². The number of carbonyl (C=O) groups excluding carboxylic acids is 2. The Hall–Kier alpha value is -2.47. The molecule has 1 aliphatic heterocycles. The molecule has 130 valence electrons. The Balaban J connectivity index is 1.65. The third-order valence-corrected chi connectivity index (χ3v) is 5.37. The number of ether oxygens (including phenoxy) is 1. The minimum atomic E-state index is -0.414. The van der Waals surface area contributed by atoms with Gasteiger partial charge in [-0.25, -0.2) is 0 Å². The second-order valence-corrected chi connectivity index (χ2v) is 7.10. The van der Waals surface area contributed by atoms with E-state index in [1.807, 2.05) is 48.5 Å². The Labute approximate surface area is 151 Å². The fourth-order valence-corrected chi connectivity index (χ4v) is 3.82. The lowest BCUT2D eigenvalue weighted by Crippen LogP contribution is -2.35. The van der Waals surface area contributed by atoms with Crippen molar-refractivity contribution in [3.05, 3.63) is 54.1 Å². The van der Waals surface area contributed by atoms with E-state index in [0.29, 0.717) is 6.54 Å². The first-order chi connectivity index (χ1) is 12.1. The van der Waals surface area contributed by atoms with E-state index in [-0.39, 0.29) is 18.2 Å². The van der Waals surface area contributed by atoms with Gasteiger partial charge in [0.25, 0.3) is 0 Å². The molecule has 1 heterocycles. The summed E-state index contributed by atoms with van der Waals surface area (Å²) in [7, 11) is 3.36. The van der Waals surface area contributed by atoms with Crippen molar-refractivity contribution in [2.45, 2.75) is 23.1 Å². The van der Waals surface area contributed by atoms with Gasteiger partial charge >= 0.3 is 0 Å². The Kier molecular flexibility index (Phi) is 5.28. The maximum absolute atomic E-state index is 12.6. The van der Waals surface area contributed by atoms with Crippen LogP contribution in [0.15, 0.2) is 53.4 Å². The van der Waals surface area contributed by atoms with Gasteiger partial charge in [0.1, 0.15) is 5.75 Å². The summed E-state index contributed by atoms with van der Waals surface area (Å²) in [5.74, 6) is 0.557. The number of anilines is 1. The smallest absolute Gasteiger partial charge is 0.238 e. The molecule has 2 aromatic rings. The Morgan fingerprint density at radius 1 is 1.20 bits per heavy atom. The molecule has 0 spiro atoms. The highest BCUT2D eigenvalue weighted by Crippen LogP contribution is 2.36. The number of hydrogen-bond donors (Lipinski definition) is 1. The van der Waals surface area contributed by atoms with Gasteiger partial charge < -0.3 is 15.0 Å². The van der Waals surface area contributed by atoms with Crippen LogP contribution in [-0.4, -0.2) is 36.1 Å². The predicted molar refractivity (Wildman–Crippen MR) is 98.8 cm³/mol. The molecular weight excluding hydrogens is 336 g/mol. The van der Waals surface area contributed by atoms with Crippen LogP contribution in [0.4, 0.5) is 5.69 Å². The summed E-state index contributed by atoms with van der Waals surface area (Å²) >= 11 is 1.44. The fourth-order valence-electron chi connectivity index (χ4n) is 2.72. The van der Waals surface area contributed by atoms with Gasteiger partial charge in [0.2, 0.25) is 11.8 Å². The standard InChI is InChI=1S/C19H20N2O3S/c1-21(12-13-7-3-5-9-15(13)24-2)18(22)11-17-19(23)20-14-8-4-6-10-16(14)25-17/h3-10,17H,11-12H2,1-2H3,(H,20,23). The van der Waals surface area contributed by atoms with Crippen molar-refractivity contribution < 1.29 is 14.3 Å². The van der Waals surface area contributed by atoms with Crippen molar-refractivity contribution in [3.63, 3.8) is 0 Å². The van der Waals surface area contributed by atoms with E-state index < -0.39 is 5.25 Å². The van der Waals surface area contributed by atoms with Gasteiger partial charge in [-0.05, 0) is 18.2 Å². The van der Waals surface area contributed by atoms with Crippen molar-refractivity contribution in [3.8, 4) is 5.75 Å². The highest BCUT2D eigenvalue weighted by molar-refractivity contribution is 8.01. The summed E-state index contributed by atoms with van der Waals surface area (Å²) in [6.07, 6.45) is 0.163. The third-order valence-electron chi connectivity index (χ3n) is 4.09. The molecule has 5 nitrogen and oxygen atoms in total. The molecule has 1 unspecified atom stereocenters. The zero-order valence-electron chi connectivity index (χ0n) is 14.2. The van der Waals surface area contributed by atoms with Gasteiger partial charge in [-0.1, -0.05) is 30.3 Å². The molecule has 1 N–H and O–H groups in total. The van der Waals surface area contributed by atoms with Crippen LogP contribution in [0.5, 0.6) is 5.75 Å². The highest BCUT2D eigenvalue weighted by atomic mass is 32.2. The minimum Gasteiger partial charge on any atom is -0.496 e. The number of nitrogens with one attached hydrogen (secondary N) is 1. The van der Waals surface area contributed by atoms with E-state index in [1.54, 1.807) is 19.1 Å². The average molecular weight is 356 g/mol. The zero-order valence-corrected chi connectivity index (χ0v) is 15.0. The van der Waals surface area contributed by atoms with Crippen molar-refractivity contribution in [2.24, 2.45) is 0 Å². The SMILES string of the molecule is COc1ccccc1CN(C)C(=O)CC1Sc2ccccc2NC1=O. The summed E-state index contributed by atoms with van der Waals surface area (Å²) < 4.78 is 5.33. The van der Waals surface area contributed by atoms with Crippen LogP contribution in [0, 0.1) is 0 Å². The van der Waals surface area contributed by atoms with E-state index in [1.165, 1.54) is 11.8 Å². The molecule has 6 heteroatoms. The molecular formula is C19H20N2O3S. The number of carbonyl (C=O) groups is 2. The van der Waals surface area contributed by atoms with Crippen LogP contribution >= 0.6 is 11.8 Å². The number of fused-ring (bicyclic) bond motifs is 1. The van der Waals surface area contributed by atoms with Crippen LogP contribution in [0.2, 0.25) is 0 Å². The Morgan fingerprint density at radius 2 is 1.92 bits per heavy atom. The van der Waals surface area contributed by atoms with E-state index in [9.17, 15) is 9.59 Å². The molecule has 0 radical (unpaired) electrons. The molecule has 0 fully saturated rings. The van der Waals surface area contributed by atoms with Gasteiger partial charge in [-0.2, -0.15) is 0 Å². The predicted octanol–water partition coefficient (Wildman–Crippen LogP) is 3.16. The number of methoxy groups -OCH3 is 1. The monoisotopic (exact) mass is 356 g/mol. The molecule has 0 bridgehead atoms. The topological polar surface area (TPSA) is 58.6 Å². The number of thioether (sulfide) groups is 1. The molecule has 3 rings (SSSR count). The molecule has 0 saturated heterocycles. The van der Waals surface area contributed by atoms with Gasteiger partial charge in [-0.15, -0.1) is 11.8 Å². The molecule has 0 aliphatic carbocycles. The first-order valence-electron chi connectivity index (χ1n) is 8.01. The van der Waals surface area contributed by atoms with Crippen molar-refractivity contribution in [2.75, 3.05) is 19.5 Å². The number of nitrogens with zero attached hydrogens (tertiary/aromatic N) is 1. The summed E-state index contributed by atoms with van der Waals surface area (Å²) in [6, 6.07) is 15.2. The molecule has 1 aliphatic rings. The summed E-state index contributed by atoms with van der Waals surface area (Å²) in [5, 5.41) is 2.46. The van der Waals surface area contributed by atoms with Gasteiger partial charge in [-0.3, -0.25) is 9.59 Å². The summed E-state index contributed by atoms with van der Waals surface area (Å²) in [6.45, 7) is 0.443. The van der Waals surface area contributed by atoms with Gasteiger partial charge in [0.05, 0.1) is 18.0 Å². The van der Waals surface area contributed by atoms with E-state index >= 15 is 0 Å². The Morgan fingerprint density at radius 3 is 2.72 bits per heavy atom. The Bertz CT molecular complexity index is 794. The fraction of sp³-hybridized carbons (Fsp3) is 0.263. The molecule has 0 aromatic heterocycles. The van der Waals surface area contributed by atoms with Crippen molar-refractivity contribution in [1.82, 2.24) is 4.90 Å². The molecule has 2 aromatic carbocycles. The number of benzene rings is 2. The highest BCUT2D eigenvalue weighted by Gasteiger charge is 2.29. The van der Waals surface area contributed by atoms with E-state index in [4.69, 9.17) is 4.74 Å². The lowest BCUT2D eigenvalue weighted by atomic mass is 10.1. The zero-order chi connectivity index (χ0) is 17.8. The summed E-state index contributed by atoms with van der Waals surface area (Å²) in [5.41, 5.74) is 1.75. The lowest BCUT2D eigenvalue weighted by molar-refractivity contribution is -0.131. The maximum atomic E-state index is 12.6. The van der Waals surface area contributed by atoms with Crippen LogP contribution in [-0.2, 0) is 16.1 Å². The maximum Gasteiger partial charge on any atom is 0.238 e. The largest absolute Gasteiger partial charge is 0.496 e. The van der Waals surface area contributed by atoms with Crippen LogP contribution < -0.4 is 10.1 Å². The average Bonchev–Trinajstić information content (AvgIpc) is 2.62. The first-order valence-corrected chi connectivity index (χ1v) is 8.89. The van der Waals surface area contributed by atoms with E-state index in [0.717, 1.165) is 21.9 Å². The van der Waals surface area contributed by atoms with Crippen LogP contribution in [0.1, 0.15) is 12.0 Å². The van der Waals surface area contributed by atoms with Crippen LogP contribution in [0.3, 0.4) is 0 Å². The number of hydrogen-bond acceptors (Lipinski definition) is 4. The lowest BCUT2D eigenvalue weighted by Gasteiger charge is -2.25. The van der Waals surface area contributed by atoms with Crippen LogP contribution in [0.25, 0.3) is 0 Å². The number of rotatable bonds is 5. The summed E-state index contributed by atoms with van der Waals surface area (Å²) in [4.78, 5) is 27.4. The second-order valence-electron chi connectivity index (χ2n) is 5.86. The molecule has 25 heavy (non-hydrogen) atoms. The third kappa shape index (κ3) is 3.96. The molecule has 2 amide bonds. The van der Waals surface area contributed by atoms with Gasteiger partial charge in [0.15, 0.2) is 0 Å². The number of amides is 2. The second kappa shape index (κ2) is 7.61. The van der Waals surface area contributed by atoms with E-state index in [2.05, 4.69) is 5.32 Å². The number of para-hydroxylation sites is 2. The molecule has 0 saturated carbocycles. The normalized spacial score (nSPS) is 15.9. The van der Waals surface area contributed by atoms with Gasteiger partial charge in [0, 0.05) is 30.5 Å². The quantitative estimate of drug-likeness (QED) is 0.894. The minimum absolute atomic E-state index is 0.0714. The first kappa shape index (κ1) is 17.4.